The molecule has 21 heavy (non-hydrogen) atoms. The summed E-state index contributed by atoms with van der Waals surface area (Å²) in [7, 11) is 0. The van der Waals surface area contributed by atoms with Gasteiger partial charge < -0.3 is 15.2 Å². The van der Waals surface area contributed by atoms with E-state index in [0.717, 1.165) is 11.3 Å². The Morgan fingerprint density at radius 1 is 1.33 bits per heavy atom. The maximum Gasteiger partial charge on any atom is 0.345 e. The van der Waals surface area contributed by atoms with Crippen LogP contribution in [0.15, 0.2) is 34.8 Å². The fraction of sp³-hybridized carbons (Fsp3) is 0.0769. The van der Waals surface area contributed by atoms with Crippen molar-refractivity contribution in [3.63, 3.8) is 0 Å². The number of nitrogens with one attached hydrogen (secondary N) is 1. The van der Waals surface area contributed by atoms with Crippen LogP contribution in [-0.4, -0.2) is 23.6 Å². The van der Waals surface area contributed by atoms with Crippen LogP contribution in [0.5, 0.6) is 5.75 Å². The van der Waals surface area contributed by atoms with Gasteiger partial charge in [-0.15, -0.1) is 11.3 Å². The van der Waals surface area contributed by atoms with Crippen LogP contribution < -0.4 is 10.1 Å². The molecular formula is C13H9BrFNO4S. The molecule has 0 radical (unpaired) electrons. The van der Waals surface area contributed by atoms with E-state index in [9.17, 15) is 14.0 Å². The minimum atomic E-state index is -1.05. The summed E-state index contributed by atoms with van der Waals surface area (Å²) in [6, 6.07) is 6.75. The fourth-order valence-electron chi connectivity index (χ4n) is 1.43. The molecule has 0 unspecified atom stereocenters. The molecule has 1 heterocycles. The molecule has 0 atom stereocenters. The first-order valence-corrected chi connectivity index (χ1v) is 7.27. The number of anilines is 1. The minimum absolute atomic E-state index is 0.132. The molecule has 1 aromatic heterocycles. The van der Waals surface area contributed by atoms with Crippen molar-refractivity contribution in [2.45, 2.75) is 0 Å². The maximum absolute atomic E-state index is 12.9. The lowest BCUT2D eigenvalue weighted by Crippen LogP contribution is -2.19. The molecular weight excluding hydrogens is 365 g/mol. The third-order valence-electron chi connectivity index (χ3n) is 2.33. The largest absolute Gasteiger partial charge is 0.483 e. The average Bonchev–Trinajstić information content (AvgIpc) is 2.86. The number of aromatic carboxylic acids is 1. The predicted molar refractivity (Wildman–Crippen MR) is 79.5 cm³/mol. The van der Waals surface area contributed by atoms with Crippen molar-refractivity contribution < 1.29 is 23.8 Å². The quantitative estimate of drug-likeness (QED) is 0.842. The zero-order valence-electron chi connectivity index (χ0n) is 10.4. The third-order valence-corrected chi connectivity index (χ3v) is 3.94. The van der Waals surface area contributed by atoms with Crippen LogP contribution in [0.25, 0.3) is 0 Å². The van der Waals surface area contributed by atoms with Crippen molar-refractivity contribution in [1.29, 1.82) is 0 Å². The van der Waals surface area contributed by atoms with Gasteiger partial charge in [0.2, 0.25) is 0 Å². The molecule has 1 aromatic carbocycles. The van der Waals surface area contributed by atoms with Gasteiger partial charge in [-0.25, -0.2) is 9.18 Å². The Kier molecular flexibility index (Phi) is 4.92. The molecule has 2 N–H and O–H groups in total. The molecule has 0 aliphatic carbocycles. The number of carbonyl (C=O) groups excluding carboxylic acids is 1. The van der Waals surface area contributed by atoms with Crippen LogP contribution in [0.2, 0.25) is 0 Å². The third kappa shape index (κ3) is 4.27. The number of benzene rings is 1. The number of amides is 1. The Morgan fingerprint density at radius 2 is 2.10 bits per heavy atom. The van der Waals surface area contributed by atoms with Crippen molar-refractivity contribution in [3.05, 3.63) is 45.5 Å². The van der Waals surface area contributed by atoms with Gasteiger partial charge in [-0.3, -0.25) is 4.79 Å². The van der Waals surface area contributed by atoms with E-state index in [1.807, 2.05) is 0 Å². The normalized spacial score (nSPS) is 10.2. The average molecular weight is 374 g/mol. The summed E-state index contributed by atoms with van der Waals surface area (Å²) in [5.74, 6) is -1.57. The van der Waals surface area contributed by atoms with Gasteiger partial charge in [0.15, 0.2) is 6.61 Å². The van der Waals surface area contributed by atoms with Crippen molar-refractivity contribution in [2.75, 3.05) is 11.9 Å². The first-order chi connectivity index (χ1) is 9.95. The van der Waals surface area contributed by atoms with Gasteiger partial charge in [-0.05, 0) is 46.3 Å². The van der Waals surface area contributed by atoms with E-state index in [1.54, 1.807) is 0 Å². The van der Waals surface area contributed by atoms with Crippen LogP contribution in [0.1, 0.15) is 9.67 Å². The van der Waals surface area contributed by atoms with E-state index in [-0.39, 0.29) is 11.5 Å². The van der Waals surface area contributed by atoms with E-state index >= 15 is 0 Å². The zero-order valence-corrected chi connectivity index (χ0v) is 12.8. The lowest BCUT2D eigenvalue weighted by atomic mass is 10.3. The van der Waals surface area contributed by atoms with Gasteiger partial charge in [0.25, 0.3) is 5.91 Å². The Balaban J connectivity index is 1.91. The topological polar surface area (TPSA) is 75.6 Å². The van der Waals surface area contributed by atoms with Crippen molar-refractivity contribution in [2.24, 2.45) is 0 Å². The predicted octanol–water partition coefficient (Wildman–Crippen LogP) is 3.37. The van der Waals surface area contributed by atoms with E-state index < -0.39 is 17.7 Å². The molecule has 0 saturated carbocycles. The highest BCUT2D eigenvalue weighted by Gasteiger charge is 2.10. The summed E-state index contributed by atoms with van der Waals surface area (Å²) in [6.07, 6.45) is 0. The number of ether oxygens (including phenoxy) is 1. The van der Waals surface area contributed by atoms with E-state index in [0.29, 0.717) is 15.2 Å². The molecule has 2 aromatic rings. The summed E-state index contributed by atoms with van der Waals surface area (Å²) < 4.78 is 18.5. The monoisotopic (exact) mass is 373 g/mol. The van der Waals surface area contributed by atoms with Crippen LogP contribution in [0.3, 0.4) is 0 Å². The molecule has 0 saturated heterocycles. The molecule has 0 aliphatic heterocycles. The fourth-order valence-corrected chi connectivity index (χ4v) is 2.66. The lowest BCUT2D eigenvalue weighted by molar-refractivity contribution is -0.118. The van der Waals surface area contributed by atoms with E-state index in [2.05, 4.69) is 21.2 Å². The van der Waals surface area contributed by atoms with Crippen LogP contribution in [0.4, 0.5) is 9.39 Å². The molecule has 0 fully saturated rings. The van der Waals surface area contributed by atoms with Gasteiger partial charge in [0.05, 0.1) is 9.47 Å². The smallest absolute Gasteiger partial charge is 0.345 e. The molecule has 8 heteroatoms. The van der Waals surface area contributed by atoms with Gasteiger partial charge in [-0.2, -0.15) is 0 Å². The van der Waals surface area contributed by atoms with Crippen LogP contribution in [-0.2, 0) is 4.79 Å². The molecule has 0 bridgehead atoms. The second-order valence-electron chi connectivity index (χ2n) is 3.88. The van der Waals surface area contributed by atoms with E-state index in [1.165, 1.54) is 30.3 Å². The number of carboxylic acid groups (broad SMARTS) is 1. The zero-order chi connectivity index (χ0) is 15.4. The summed E-state index contributed by atoms with van der Waals surface area (Å²) >= 11 is 4.07. The lowest BCUT2D eigenvalue weighted by Gasteiger charge is -2.07. The van der Waals surface area contributed by atoms with Gasteiger partial charge in [0, 0.05) is 0 Å². The molecule has 0 spiro atoms. The number of carbonyl (C=O) groups is 2. The summed E-state index contributed by atoms with van der Waals surface area (Å²) in [5.41, 5.74) is 0. The van der Waals surface area contributed by atoms with Crippen LogP contribution >= 0.6 is 27.3 Å². The van der Waals surface area contributed by atoms with E-state index in [4.69, 9.17) is 9.84 Å². The number of hydrogen-bond donors (Lipinski definition) is 2. The SMILES string of the molecule is O=C(COc1ccc(F)cc1Br)Nc1ccc(C(=O)O)s1. The minimum Gasteiger partial charge on any atom is -0.483 e. The number of rotatable bonds is 5. The Labute approximate surface area is 131 Å². The highest BCUT2D eigenvalue weighted by Crippen LogP contribution is 2.25. The molecule has 1 amide bonds. The highest BCUT2D eigenvalue weighted by molar-refractivity contribution is 9.10. The standard InChI is InChI=1S/C13H9BrFNO4S/c14-8-5-7(15)1-2-9(8)20-6-11(17)16-12-4-3-10(21-12)13(18)19/h1-5H,6H2,(H,16,17)(H,18,19). The van der Waals surface area contributed by atoms with Crippen molar-refractivity contribution >= 4 is 44.1 Å². The number of hydrogen-bond acceptors (Lipinski definition) is 4. The molecule has 5 nitrogen and oxygen atoms in total. The van der Waals surface area contributed by atoms with Gasteiger partial charge >= 0.3 is 5.97 Å². The number of thiophene rings is 1. The summed E-state index contributed by atoms with van der Waals surface area (Å²) in [6.45, 7) is -0.273. The molecule has 0 aliphatic rings. The number of halogens is 2. The first kappa shape index (κ1) is 15.5. The Morgan fingerprint density at radius 3 is 2.71 bits per heavy atom. The second kappa shape index (κ2) is 6.68. The van der Waals surface area contributed by atoms with Crippen LogP contribution in [0, 0.1) is 5.82 Å². The number of carboxylic acids is 1. The van der Waals surface area contributed by atoms with Crippen molar-refractivity contribution in [3.8, 4) is 5.75 Å². The highest BCUT2D eigenvalue weighted by atomic mass is 79.9. The molecule has 2 rings (SSSR count). The molecule has 110 valence electrons. The second-order valence-corrected chi connectivity index (χ2v) is 5.82. The summed E-state index contributed by atoms with van der Waals surface area (Å²) in [5, 5.41) is 11.7. The Hall–Kier alpha value is -1.93. The first-order valence-electron chi connectivity index (χ1n) is 5.66. The Bertz CT molecular complexity index is 689. The van der Waals surface area contributed by atoms with Gasteiger partial charge in [0.1, 0.15) is 16.4 Å². The maximum atomic E-state index is 12.9. The summed E-state index contributed by atoms with van der Waals surface area (Å²) in [4.78, 5) is 22.5. The van der Waals surface area contributed by atoms with Crippen molar-refractivity contribution in [1.82, 2.24) is 0 Å². The van der Waals surface area contributed by atoms with Gasteiger partial charge in [-0.1, -0.05) is 0 Å².